The van der Waals surface area contributed by atoms with Crippen LogP contribution < -0.4 is 19.7 Å². The van der Waals surface area contributed by atoms with Crippen molar-refractivity contribution in [2.24, 2.45) is 0 Å². The average molecular weight is 722 g/mol. The number of nitrogens with one attached hydrogen (secondary N) is 2. The summed E-state index contributed by atoms with van der Waals surface area (Å²) in [6.45, 7) is 6.73. The van der Waals surface area contributed by atoms with Gasteiger partial charge in [-0.1, -0.05) is 50.2 Å². The average Bonchev–Trinajstić information content (AvgIpc) is 3.47. The zero-order valence-corrected chi connectivity index (χ0v) is 31.3. The molecule has 0 aliphatic rings. The summed E-state index contributed by atoms with van der Waals surface area (Å²) in [4.78, 5) is 35.3. The summed E-state index contributed by atoms with van der Waals surface area (Å²) >= 11 is 1.49. The number of hydrogen-bond acceptors (Lipinski definition) is 10. The molecule has 13 heteroatoms. The fraction of sp³-hybridized carbons (Fsp3) is 0.378. The molecule has 0 radical (unpaired) electrons. The summed E-state index contributed by atoms with van der Waals surface area (Å²) < 4.78 is 28.7. The summed E-state index contributed by atoms with van der Waals surface area (Å²) in [5, 5.41) is 20.5. The molecule has 4 rings (SSSR count). The molecular weight excluding hydrogens is 675 g/mol. The molecule has 0 aliphatic heterocycles. The van der Waals surface area contributed by atoms with Crippen LogP contribution in [0.2, 0.25) is 0 Å². The van der Waals surface area contributed by atoms with E-state index in [2.05, 4.69) is 15.6 Å². The maximum atomic E-state index is 13.9. The van der Waals surface area contributed by atoms with Gasteiger partial charge < -0.3 is 29.7 Å². The largest absolute Gasteiger partial charge is 0.390 e. The minimum Gasteiger partial charge on any atom is -0.390 e. The van der Waals surface area contributed by atoms with Crippen LogP contribution in [0.4, 0.5) is 5.69 Å². The summed E-state index contributed by atoms with van der Waals surface area (Å²) in [7, 11) is 1.69. The number of anilines is 1. The van der Waals surface area contributed by atoms with Gasteiger partial charge in [0.25, 0.3) is 11.8 Å². The van der Waals surface area contributed by atoms with Crippen molar-refractivity contribution >= 4 is 39.0 Å². The van der Waals surface area contributed by atoms with Gasteiger partial charge in [-0.25, -0.2) is 4.98 Å². The lowest BCUT2D eigenvalue weighted by Crippen LogP contribution is -2.48. The third-order valence-electron chi connectivity index (χ3n) is 7.99. The lowest BCUT2D eigenvalue weighted by Gasteiger charge is -2.26. The summed E-state index contributed by atoms with van der Waals surface area (Å²) in [6, 6.07) is 19.3. The first kappa shape index (κ1) is 38.5. The molecule has 50 heavy (non-hydrogen) atoms. The van der Waals surface area contributed by atoms with E-state index >= 15 is 0 Å². The number of nitrogens with zero attached hydrogens (tertiary/aromatic N) is 3. The predicted octanol–water partition coefficient (Wildman–Crippen LogP) is 4.74. The monoisotopic (exact) mass is 721 g/mol. The molecule has 0 unspecified atom stereocenters. The van der Waals surface area contributed by atoms with E-state index in [-0.39, 0.29) is 24.1 Å². The van der Waals surface area contributed by atoms with Crippen molar-refractivity contribution in [3.05, 3.63) is 111 Å². The highest BCUT2D eigenvalue weighted by Gasteiger charge is 2.24. The fourth-order valence-electron chi connectivity index (χ4n) is 5.35. The Labute approximate surface area is 299 Å². The zero-order chi connectivity index (χ0) is 36.6. The number of benzene rings is 3. The minimum absolute atomic E-state index is 0.133. The summed E-state index contributed by atoms with van der Waals surface area (Å²) in [6.07, 6.45) is 0.369. The molecule has 1 heterocycles. The van der Waals surface area contributed by atoms with Crippen molar-refractivity contribution in [2.45, 2.75) is 58.3 Å². The van der Waals surface area contributed by atoms with Crippen LogP contribution >= 0.6 is 11.3 Å². The second-order valence-corrected chi connectivity index (χ2v) is 15.5. The first-order valence-electron chi connectivity index (χ1n) is 16.3. The first-order valence-corrected chi connectivity index (χ1v) is 19.0. The molecule has 0 spiro atoms. The standard InChI is InChI=1S/C37H47N5O6S2/c1-24(2)28-13-27(14-32(19-28)48-50(7,46)47)20-38-21-34(43)33(15-26-11-9-8-10-12-26)40-36(44)29-16-30(18-31(17-29)41(4)5)37(45)42(6)22-35-39-25(3)23-49-35/h8-14,16-19,23-24,33-34,38,43H,15,20-22H2,1-7H3,(H,40,44)/t33-,34+/m0/s1. The number of aryl methyl sites for hydroxylation is 1. The van der Waals surface area contributed by atoms with E-state index < -0.39 is 28.2 Å². The number of amides is 2. The van der Waals surface area contributed by atoms with Crippen LogP contribution in [0.15, 0.2) is 72.1 Å². The fourth-order valence-corrected chi connectivity index (χ4v) is 6.62. The van der Waals surface area contributed by atoms with Gasteiger partial charge in [-0.05, 0) is 66.3 Å². The Balaban J connectivity index is 1.53. The van der Waals surface area contributed by atoms with E-state index in [0.29, 0.717) is 36.3 Å². The quantitative estimate of drug-likeness (QED) is 0.140. The van der Waals surface area contributed by atoms with Gasteiger partial charge in [-0.2, -0.15) is 8.42 Å². The molecule has 0 saturated heterocycles. The van der Waals surface area contributed by atoms with E-state index in [1.165, 1.54) is 11.3 Å². The highest BCUT2D eigenvalue weighted by atomic mass is 32.2. The van der Waals surface area contributed by atoms with Crippen molar-refractivity contribution in [1.82, 2.24) is 20.5 Å². The lowest BCUT2D eigenvalue weighted by atomic mass is 9.99. The number of aliphatic hydroxyl groups excluding tert-OH is 1. The van der Waals surface area contributed by atoms with Crippen LogP contribution in [-0.2, 0) is 29.6 Å². The number of rotatable bonds is 16. The Morgan fingerprint density at radius 3 is 2.30 bits per heavy atom. The SMILES string of the molecule is Cc1csc(CN(C)C(=O)c2cc(C(=O)N[C@@H](Cc3ccccc3)[C@H](O)CNCc3cc(OS(C)(=O)=O)cc(C(C)C)c3)cc(N(C)C)c2)n1. The van der Waals surface area contributed by atoms with Gasteiger partial charge in [0, 0.05) is 62.1 Å². The van der Waals surface area contributed by atoms with Gasteiger partial charge in [-0.3, -0.25) is 9.59 Å². The molecular formula is C37H47N5O6S2. The molecule has 2 amide bonds. The number of aliphatic hydroxyl groups is 1. The van der Waals surface area contributed by atoms with Gasteiger partial charge in [0.1, 0.15) is 10.8 Å². The Morgan fingerprint density at radius 2 is 1.68 bits per heavy atom. The normalized spacial score (nSPS) is 12.7. The van der Waals surface area contributed by atoms with Crippen LogP contribution in [0.3, 0.4) is 0 Å². The first-order chi connectivity index (χ1) is 23.6. The van der Waals surface area contributed by atoms with Crippen LogP contribution in [0.1, 0.15) is 67.9 Å². The molecule has 0 fully saturated rings. The van der Waals surface area contributed by atoms with E-state index in [1.807, 2.05) is 81.5 Å². The van der Waals surface area contributed by atoms with Crippen molar-refractivity contribution in [3.8, 4) is 5.75 Å². The Bertz CT molecular complexity index is 1880. The Morgan fingerprint density at radius 1 is 0.980 bits per heavy atom. The highest BCUT2D eigenvalue weighted by molar-refractivity contribution is 7.86. The highest BCUT2D eigenvalue weighted by Crippen LogP contribution is 2.25. The molecule has 0 bridgehead atoms. The third kappa shape index (κ3) is 11.4. The maximum Gasteiger partial charge on any atom is 0.306 e. The molecule has 0 aliphatic carbocycles. The van der Waals surface area contributed by atoms with Crippen LogP contribution in [0.5, 0.6) is 5.75 Å². The molecule has 3 aromatic carbocycles. The van der Waals surface area contributed by atoms with E-state index in [9.17, 15) is 23.1 Å². The number of carbonyl (C=O) groups excluding carboxylic acids is 2. The van der Waals surface area contributed by atoms with E-state index in [1.54, 1.807) is 42.3 Å². The van der Waals surface area contributed by atoms with Crippen LogP contribution in [0, 0.1) is 6.92 Å². The van der Waals surface area contributed by atoms with Crippen molar-refractivity contribution in [3.63, 3.8) is 0 Å². The van der Waals surface area contributed by atoms with Gasteiger partial charge >= 0.3 is 10.1 Å². The Hall–Kier alpha value is -4.30. The second-order valence-electron chi connectivity index (χ2n) is 13.0. The second kappa shape index (κ2) is 17.1. The maximum absolute atomic E-state index is 13.9. The molecule has 268 valence electrons. The van der Waals surface area contributed by atoms with E-state index in [4.69, 9.17) is 4.18 Å². The molecule has 4 aromatic rings. The topological polar surface area (TPSA) is 141 Å². The van der Waals surface area contributed by atoms with Gasteiger partial charge in [0.05, 0.1) is 24.9 Å². The van der Waals surface area contributed by atoms with Crippen LogP contribution in [-0.4, -0.2) is 81.3 Å². The molecule has 0 saturated carbocycles. The number of carbonyl (C=O) groups is 2. The summed E-state index contributed by atoms with van der Waals surface area (Å²) in [5.41, 5.74) is 4.88. The van der Waals surface area contributed by atoms with Crippen LogP contribution in [0.25, 0.3) is 0 Å². The minimum atomic E-state index is -3.70. The lowest BCUT2D eigenvalue weighted by molar-refractivity contribution is 0.0784. The molecule has 11 nitrogen and oxygen atoms in total. The van der Waals surface area contributed by atoms with Gasteiger partial charge in [-0.15, -0.1) is 11.3 Å². The number of aromatic nitrogens is 1. The zero-order valence-electron chi connectivity index (χ0n) is 29.6. The van der Waals surface area contributed by atoms with Crippen molar-refractivity contribution in [1.29, 1.82) is 0 Å². The smallest absolute Gasteiger partial charge is 0.306 e. The van der Waals surface area contributed by atoms with Gasteiger partial charge in [0.15, 0.2) is 0 Å². The molecule has 3 N–H and O–H groups in total. The summed E-state index contributed by atoms with van der Waals surface area (Å²) in [5.74, 6) is -0.301. The molecule has 1 aromatic heterocycles. The Kier molecular flexibility index (Phi) is 13.2. The number of hydrogen-bond donors (Lipinski definition) is 3. The predicted molar refractivity (Wildman–Crippen MR) is 199 cm³/mol. The van der Waals surface area contributed by atoms with Gasteiger partial charge in [0.2, 0.25) is 0 Å². The number of thiazole rings is 1. The van der Waals surface area contributed by atoms with Crippen molar-refractivity contribution in [2.75, 3.05) is 38.8 Å². The molecule has 2 atom stereocenters. The van der Waals surface area contributed by atoms with Crippen molar-refractivity contribution < 1.29 is 27.3 Å². The van der Waals surface area contributed by atoms with E-state index in [0.717, 1.165) is 33.6 Å². The third-order valence-corrected chi connectivity index (χ3v) is 9.44.